The monoisotopic (exact) mass is 319 g/mol. The molecule has 1 heterocycles. The number of rotatable bonds is 4. The van der Waals surface area contributed by atoms with Gasteiger partial charge in [-0.05, 0) is 36.6 Å². The fraction of sp³-hybridized carbons (Fsp3) is 0.278. The van der Waals surface area contributed by atoms with Crippen LogP contribution in [0.25, 0.3) is 0 Å². The van der Waals surface area contributed by atoms with Crippen LogP contribution in [0.15, 0.2) is 30.3 Å². The van der Waals surface area contributed by atoms with Gasteiger partial charge in [0.2, 0.25) is 5.95 Å². The summed E-state index contributed by atoms with van der Waals surface area (Å²) in [5.41, 5.74) is 2.24. The van der Waals surface area contributed by atoms with Crippen molar-refractivity contribution in [1.82, 2.24) is 4.98 Å². The minimum Gasteiger partial charge on any atom is -0.204 e. The van der Waals surface area contributed by atoms with Crippen LogP contribution in [0.2, 0.25) is 5.15 Å². The van der Waals surface area contributed by atoms with Crippen LogP contribution < -0.4 is 0 Å². The van der Waals surface area contributed by atoms with Gasteiger partial charge in [0.25, 0.3) is 0 Å². The number of nitrogens with zero attached hydrogens (tertiary/aromatic N) is 1. The molecule has 0 amide bonds. The smallest absolute Gasteiger partial charge is 0.204 e. The van der Waals surface area contributed by atoms with Gasteiger partial charge in [-0.3, -0.25) is 0 Å². The number of benzene rings is 1. The second kappa shape index (κ2) is 7.91. The van der Waals surface area contributed by atoms with E-state index in [0.29, 0.717) is 0 Å². The molecule has 2 rings (SSSR count). The number of hydrogen-bond donors (Lipinski definition) is 0. The number of aryl methyl sites for hydroxylation is 1. The van der Waals surface area contributed by atoms with Crippen LogP contribution in [0.1, 0.15) is 42.9 Å². The van der Waals surface area contributed by atoms with E-state index in [1.54, 1.807) is 0 Å². The first-order valence-corrected chi connectivity index (χ1v) is 7.60. The normalized spacial score (nSPS) is 10.2. The summed E-state index contributed by atoms with van der Waals surface area (Å²) < 4.78 is 26.0. The van der Waals surface area contributed by atoms with Crippen molar-refractivity contribution in [2.75, 3.05) is 0 Å². The van der Waals surface area contributed by atoms with Crippen molar-refractivity contribution in [2.45, 2.75) is 32.6 Å². The Morgan fingerprint density at radius 3 is 2.50 bits per heavy atom. The Morgan fingerprint density at radius 1 is 1.09 bits per heavy atom. The summed E-state index contributed by atoms with van der Waals surface area (Å²) in [7, 11) is 0. The van der Waals surface area contributed by atoms with Crippen LogP contribution >= 0.6 is 11.6 Å². The Hall–Kier alpha value is -1.92. The zero-order chi connectivity index (χ0) is 15.9. The fourth-order valence-electron chi connectivity index (χ4n) is 2.01. The maximum atomic E-state index is 13.1. The highest BCUT2D eigenvalue weighted by atomic mass is 35.5. The number of hydrogen-bond acceptors (Lipinski definition) is 1. The Balaban J connectivity index is 2.10. The first-order valence-electron chi connectivity index (χ1n) is 7.22. The van der Waals surface area contributed by atoms with Crippen LogP contribution in [-0.4, -0.2) is 4.98 Å². The molecule has 1 aromatic heterocycles. The quantitative estimate of drug-likeness (QED) is 0.431. The molecule has 22 heavy (non-hydrogen) atoms. The molecule has 0 bridgehead atoms. The third-order valence-electron chi connectivity index (χ3n) is 3.25. The summed E-state index contributed by atoms with van der Waals surface area (Å²) >= 11 is 5.74. The van der Waals surface area contributed by atoms with Crippen LogP contribution in [0.3, 0.4) is 0 Å². The molecule has 0 spiro atoms. The molecular formula is C18H16ClF2N. The van der Waals surface area contributed by atoms with E-state index in [1.165, 1.54) is 24.8 Å². The first-order chi connectivity index (χ1) is 10.6. The molecular weight excluding hydrogens is 304 g/mol. The van der Waals surface area contributed by atoms with Crippen molar-refractivity contribution in [3.05, 3.63) is 63.9 Å². The van der Waals surface area contributed by atoms with Crippen LogP contribution in [0, 0.1) is 23.6 Å². The summed E-state index contributed by atoms with van der Waals surface area (Å²) in [6, 6.07) is 8.84. The molecule has 0 saturated heterocycles. The number of halogens is 3. The summed E-state index contributed by atoms with van der Waals surface area (Å²) in [6.07, 6.45) is 4.66. The molecule has 1 nitrogen and oxygen atoms in total. The van der Waals surface area contributed by atoms with E-state index in [2.05, 4.69) is 23.7 Å². The van der Waals surface area contributed by atoms with Crippen molar-refractivity contribution in [3.63, 3.8) is 0 Å². The highest BCUT2D eigenvalue weighted by Gasteiger charge is 2.08. The van der Waals surface area contributed by atoms with Gasteiger partial charge < -0.3 is 0 Å². The molecule has 0 unspecified atom stereocenters. The third kappa shape index (κ3) is 4.54. The lowest BCUT2D eigenvalue weighted by Crippen LogP contribution is -1.93. The zero-order valence-electron chi connectivity index (χ0n) is 12.3. The van der Waals surface area contributed by atoms with Gasteiger partial charge in [0, 0.05) is 5.56 Å². The molecule has 0 saturated carbocycles. The van der Waals surface area contributed by atoms with Gasteiger partial charge in [-0.25, -0.2) is 9.37 Å². The Bertz CT molecular complexity index is 700. The van der Waals surface area contributed by atoms with E-state index in [0.717, 1.165) is 18.1 Å². The SMILES string of the molecule is CCCCCc1ccc(C#Cc2cc(F)c(F)nc2Cl)cc1. The lowest BCUT2D eigenvalue weighted by atomic mass is 10.1. The van der Waals surface area contributed by atoms with Gasteiger partial charge in [-0.1, -0.05) is 55.3 Å². The second-order valence-corrected chi connectivity index (χ2v) is 5.36. The van der Waals surface area contributed by atoms with E-state index in [-0.39, 0.29) is 10.7 Å². The molecule has 0 radical (unpaired) electrons. The minimum atomic E-state index is -1.22. The highest BCUT2D eigenvalue weighted by molar-refractivity contribution is 6.30. The summed E-state index contributed by atoms with van der Waals surface area (Å²) in [4.78, 5) is 3.26. The molecule has 0 fully saturated rings. The summed E-state index contributed by atoms with van der Waals surface area (Å²) in [5.74, 6) is 3.33. The average molecular weight is 320 g/mol. The van der Waals surface area contributed by atoms with Gasteiger partial charge in [0.05, 0.1) is 5.56 Å². The Kier molecular flexibility index (Phi) is 5.91. The first kappa shape index (κ1) is 16.5. The molecule has 0 aliphatic carbocycles. The van der Waals surface area contributed by atoms with Crippen LogP contribution in [0.4, 0.5) is 8.78 Å². The molecule has 0 aliphatic rings. The summed E-state index contributed by atoms with van der Waals surface area (Å²) in [6.45, 7) is 2.18. The molecule has 2 aromatic rings. The number of aromatic nitrogens is 1. The van der Waals surface area contributed by atoms with Gasteiger partial charge in [0.1, 0.15) is 5.15 Å². The topological polar surface area (TPSA) is 12.9 Å². The van der Waals surface area contributed by atoms with Crippen molar-refractivity contribution >= 4 is 11.6 Å². The van der Waals surface area contributed by atoms with Crippen LogP contribution in [-0.2, 0) is 6.42 Å². The zero-order valence-corrected chi connectivity index (χ0v) is 13.1. The van der Waals surface area contributed by atoms with Crippen molar-refractivity contribution in [3.8, 4) is 11.8 Å². The third-order valence-corrected chi connectivity index (χ3v) is 3.54. The number of pyridine rings is 1. The van der Waals surface area contributed by atoms with Gasteiger partial charge >= 0.3 is 0 Å². The van der Waals surface area contributed by atoms with Crippen molar-refractivity contribution < 1.29 is 8.78 Å². The molecule has 0 atom stereocenters. The molecule has 0 N–H and O–H groups in total. The fourth-order valence-corrected chi connectivity index (χ4v) is 2.18. The maximum Gasteiger partial charge on any atom is 0.250 e. The van der Waals surface area contributed by atoms with Gasteiger partial charge in [0.15, 0.2) is 5.82 Å². The molecule has 114 valence electrons. The molecule has 4 heteroatoms. The van der Waals surface area contributed by atoms with E-state index in [9.17, 15) is 8.78 Å². The molecule has 0 aliphatic heterocycles. The van der Waals surface area contributed by atoms with E-state index >= 15 is 0 Å². The van der Waals surface area contributed by atoms with E-state index in [1.807, 2.05) is 24.3 Å². The lowest BCUT2D eigenvalue weighted by Gasteiger charge is -2.00. The van der Waals surface area contributed by atoms with Crippen molar-refractivity contribution in [1.29, 1.82) is 0 Å². The predicted octanol–water partition coefficient (Wildman–Crippen LogP) is 5.15. The van der Waals surface area contributed by atoms with Crippen molar-refractivity contribution in [2.24, 2.45) is 0 Å². The minimum absolute atomic E-state index is 0.136. The van der Waals surface area contributed by atoms with Gasteiger partial charge in [-0.15, -0.1) is 0 Å². The Labute approximate surface area is 134 Å². The standard InChI is InChI=1S/C18H16ClF2N/c1-2-3-4-5-13-6-8-14(9-7-13)10-11-15-12-16(20)18(21)22-17(15)19/h6-9,12H,2-5H2,1H3. The maximum absolute atomic E-state index is 13.1. The average Bonchev–Trinajstić information content (AvgIpc) is 2.51. The molecule has 1 aromatic carbocycles. The summed E-state index contributed by atoms with van der Waals surface area (Å²) in [5, 5.41) is -0.136. The second-order valence-electron chi connectivity index (χ2n) is 5.00. The lowest BCUT2D eigenvalue weighted by molar-refractivity contribution is 0.479. The highest BCUT2D eigenvalue weighted by Crippen LogP contribution is 2.15. The van der Waals surface area contributed by atoms with Gasteiger partial charge in [-0.2, -0.15) is 4.39 Å². The van der Waals surface area contributed by atoms with E-state index < -0.39 is 11.8 Å². The largest absolute Gasteiger partial charge is 0.250 e. The number of unbranched alkanes of at least 4 members (excludes halogenated alkanes) is 2. The Morgan fingerprint density at radius 2 is 1.82 bits per heavy atom. The van der Waals surface area contributed by atoms with Crippen LogP contribution in [0.5, 0.6) is 0 Å². The van der Waals surface area contributed by atoms with E-state index in [4.69, 9.17) is 11.6 Å². The predicted molar refractivity (Wildman–Crippen MR) is 84.8 cm³/mol.